The van der Waals surface area contributed by atoms with E-state index in [1.165, 1.54) is 6.07 Å². The lowest BCUT2D eigenvalue weighted by molar-refractivity contribution is -0.144. The molecule has 2 aromatic rings. The minimum absolute atomic E-state index is 0.132. The van der Waals surface area contributed by atoms with Crippen molar-refractivity contribution in [1.29, 1.82) is 0 Å². The molecule has 3 rings (SSSR count). The van der Waals surface area contributed by atoms with Crippen LogP contribution in [0.5, 0.6) is 0 Å². The normalized spacial score (nSPS) is 16.2. The third-order valence-corrected chi connectivity index (χ3v) is 6.10. The lowest BCUT2D eigenvalue weighted by Gasteiger charge is -2.30. The molecule has 1 amide bonds. The van der Waals surface area contributed by atoms with Gasteiger partial charge in [-0.25, -0.2) is 0 Å². The standard InChI is InChI=1S/C24H30N2O4/c1-2-8-19(22(28)29)15-24(13-6-7-14-24)23(30)25-20-11-12-21(27)26(17-20)16-18-9-4-3-5-10-18/h3-5,9-12,17,19H,2,6-8,13-16H2,1H3,(H,25,30)(H,28,29). The lowest BCUT2D eigenvalue weighted by atomic mass is 9.75. The van der Waals surface area contributed by atoms with Gasteiger partial charge in [-0.1, -0.05) is 56.5 Å². The molecular weight excluding hydrogens is 380 g/mol. The minimum Gasteiger partial charge on any atom is -0.481 e. The first kappa shape index (κ1) is 21.8. The molecule has 1 aliphatic rings. The Labute approximate surface area is 176 Å². The summed E-state index contributed by atoms with van der Waals surface area (Å²) in [7, 11) is 0. The average molecular weight is 411 g/mol. The number of amides is 1. The van der Waals surface area contributed by atoms with E-state index in [0.29, 0.717) is 37.9 Å². The molecule has 0 radical (unpaired) electrons. The number of carboxylic acid groups (broad SMARTS) is 1. The topological polar surface area (TPSA) is 88.4 Å². The molecule has 6 heteroatoms. The summed E-state index contributed by atoms with van der Waals surface area (Å²) in [4.78, 5) is 37.2. The van der Waals surface area contributed by atoms with Crippen LogP contribution in [-0.4, -0.2) is 21.6 Å². The second-order valence-corrected chi connectivity index (χ2v) is 8.34. The molecule has 1 aliphatic carbocycles. The molecule has 6 nitrogen and oxygen atoms in total. The van der Waals surface area contributed by atoms with E-state index in [0.717, 1.165) is 24.8 Å². The lowest BCUT2D eigenvalue weighted by Crippen LogP contribution is -2.37. The third kappa shape index (κ3) is 5.17. The van der Waals surface area contributed by atoms with E-state index in [1.807, 2.05) is 37.3 Å². The van der Waals surface area contributed by atoms with Crippen LogP contribution in [0.15, 0.2) is 53.5 Å². The highest BCUT2D eigenvalue weighted by Gasteiger charge is 2.43. The van der Waals surface area contributed by atoms with Gasteiger partial charge in [0, 0.05) is 12.3 Å². The fourth-order valence-electron chi connectivity index (χ4n) is 4.48. The Hall–Kier alpha value is -2.89. The number of benzene rings is 1. The van der Waals surface area contributed by atoms with Gasteiger partial charge in [-0.3, -0.25) is 14.4 Å². The van der Waals surface area contributed by atoms with E-state index in [-0.39, 0.29) is 11.5 Å². The molecule has 0 bridgehead atoms. The monoisotopic (exact) mass is 410 g/mol. The van der Waals surface area contributed by atoms with E-state index in [4.69, 9.17) is 0 Å². The fourth-order valence-corrected chi connectivity index (χ4v) is 4.48. The number of aromatic nitrogens is 1. The van der Waals surface area contributed by atoms with Gasteiger partial charge in [0.25, 0.3) is 5.56 Å². The molecule has 1 heterocycles. The van der Waals surface area contributed by atoms with E-state index >= 15 is 0 Å². The number of aliphatic carboxylic acids is 1. The first-order valence-corrected chi connectivity index (χ1v) is 10.7. The summed E-state index contributed by atoms with van der Waals surface area (Å²) in [5.74, 6) is -1.47. The molecule has 0 spiro atoms. The van der Waals surface area contributed by atoms with Crippen LogP contribution in [0.3, 0.4) is 0 Å². The number of nitrogens with zero attached hydrogens (tertiary/aromatic N) is 1. The molecule has 0 aliphatic heterocycles. The summed E-state index contributed by atoms with van der Waals surface area (Å²) < 4.78 is 1.57. The van der Waals surface area contributed by atoms with Gasteiger partial charge in [0.1, 0.15) is 0 Å². The van der Waals surface area contributed by atoms with E-state index in [1.54, 1.807) is 16.8 Å². The van der Waals surface area contributed by atoms with Crippen LogP contribution in [0.25, 0.3) is 0 Å². The number of carbonyl (C=O) groups excluding carboxylic acids is 1. The van der Waals surface area contributed by atoms with Gasteiger partial charge in [0.2, 0.25) is 5.91 Å². The third-order valence-electron chi connectivity index (χ3n) is 6.10. The molecule has 1 unspecified atom stereocenters. The van der Waals surface area contributed by atoms with Crippen molar-refractivity contribution in [2.24, 2.45) is 11.3 Å². The van der Waals surface area contributed by atoms with E-state index in [2.05, 4.69) is 5.32 Å². The second-order valence-electron chi connectivity index (χ2n) is 8.34. The van der Waals surface area contributed by atoms with Crippen molar-refractivity contribution >= 4 is 17.6 Å². The molecule has 1 fully saturated rings. The summed E-state index contributed by atoms with van der Waals surface area (Å²) >= 11 is 0. The number of anilines is 1. The molecule has 30 heavy (non-hydrogen) atoms. The summed E-state index contributed by atoms with van der Waals surface area (Å²) in [5.41, 5.74) is 0.767. The van der Waals surface area contributed by atoms with Gasteiger partial charge in [-0.05, 0) is 37.3 Å². The predicted octanol–water partition coefficient (Wildman–Crippen LogP) is 4.29. The molecule has 160 valence electrons. The number of rotatable bonds is 9. The summed E-state index contributed by atoms with van der Waals surface area (Å²) in [6, 6.07) is 12.7. The minimum atomic E-state index is -0.827. The number of hydrogen-bond donors (Lipinski definition) is 2. The predicted molar refractivity (Wildman–Crippen MR) is 116 cm³/mol. The Morgan fingerprint density at radius 2 is 1.83 bits per heavy atom. The first-order chi connectivity index (χ1) is 14.4. The average Bonchev–Trinajstić information content (AvgIpc) is 3.21. The quantitative estimate of drug-likeness (QED) is 0.646. The van der Waals surface area contributed by atoms with Crippen LogP contribution in [-0.2, 0) is 16.1 Å². The molecule has 2 N–H and O–H groups in total. The number of nitrogens with one attached hydrogen (secondary N) is 1. The first-order valence-electron chi connectivity index (χ1n) is 10.7. The van der Waals surface area contributed by atoms with Gasteiger partial charge in [0.05, 0.1) is 23.6 Å². The van der Waals surface area contributed by atoms with Crippen molar-refractivity contribution in [2.45, 2.75) is 58.4 Å². The molecule has 0 saturated heterocycles. The van der Waals surface area contributed by atoms with Crippen molar-refractivity contribution in [3.8, 4) is 0 Å². The maximum atomic E-state index is 13.3. The largest absolute Gasteiger partial charge is 0.481 e. The van der Waals surface area contributed by atoms with Gasteiger partial charge >= 0.3 is 5.97 Å². The molecule has 1 atom stereocenters. The number of pyridine rings is 1. The van der Waals surface area contributed by atoms with Crippen molar-refractivity contribution in [3.63, 3.8) is 0 Å². The Bertz CT molecular complexity index is 930. The molecular formula is C24H30N2O4. The number of carbonyl (C=O) groups is 2. The highest BCUT2D eigenvalue weighted by atomic mass is 16.4. The SMILES string of the molecule is CCCC(CC1(C(=O)Nc2ccc(=O)n(Cc3ccccc3)c2)CCCC1)C(=O)O. The van der Waals surface area contributed by atoms with Gasteiger partial charge in [0.15, 0.2) is 0 Å². The summed E-state index contributed by atoms with van der Waals surface area (Å²) in [6.07, 6.45) is 6.65. The maximum Gasteiger partial charge on any atom is 0.306 e. The summed E-state index contributed by atoms with van der Waals surface area (Å²) in [5, 5.41) is 12.6. The van der Waals surface area contributed by atoms with Crippen molar-refractivity contribution in [2.75, 3.05) is 5.32 Å². The van der Waals surface area contributed by atoms with Crippen molar-refractivity contribution < 1.29 is 14.7 Å². The Balaban J connectivity index is 1.78. The zero-order valence-electron chi connectivity index (χ0n) is 17.5. The van der Waals surface area contributed by atoms with Gasteiger partial charge in [-0.15, -0.1) is 0 Å². The van der Waals surface area contributed by atoms with Crippen LogP contribution >= 0.6 is 0 Å². The number of hydrogen-bond acceptors (Lipinski definition) is 3. The highest BCUT2D eigenvalue weighted by molar-refractivity contribution is 5.95. The second kappa shape index (κ2) is 9.74. The zero-order chi connectivity index (χ0) is 21.6. The molecule has 1 saturated carbocycles. The van der Waals surface area contributed by atoms with E-state index < -0.39 is 17.3 Å². The van der Waals surface area contributed by atoms with Gasteiger partial charge in [-0.2, -0.15) is 0 Å². The Morgan fingerprint density at radius 1 is 1.13 bits per heavy atom. The molecule has 1 aromatic heterocycles. The smallest absolute Gasteiger partial charge is 0.306 e. The zero-order valence-corrected chi connectivity index (χ0v) is 17.5. The van der Waals surface area contributed by atoms with Gasteiger partial charge < -0.3 is 15.0 Å². The van der Waals surface area contributed by atoms with Crippen LogP contribution < -0.4 is 10.9 Å². The van der Waals surface area contributed by atoms with Crippen molar-refractivity contribution in [1.82, 2.24) is 4.57 Å². The fraction of sp³-hybridized carbons (Fsp3) is 0.458. The molecule has 1 aromatic carbocycles. The van der Waals surface area contributed by atoms with Crippen LogP contribution in [0, 0.1) is 11.3 Å². The maximum absolute atomic E-state index is 13.3. The Morgan fingerprint density at radius 3 is 2.47 bits per heavy atom. The summed E-state index contributed by atoms with van der Waals surface area (Å²) in [6.45, 7) is 2.39. The van der Waals surface area contributed by atoms with Crippen molar-refractivity contribution in [3.05, 3.63) is 64.6 Å². The Kier molecular flexibility index (Phi) is 7.08. The van der Waals surface area contributed by atoms with Crippen LogP contribution in [0.2, 0.25) is 0 Å². The number of carboxylic acids is 1. The van der Waals surface area contributed by atoms with Crippen LogP contribution in [0.4, 0.5) is 5.69 Å². The highest BCUT2D eigenvalue weighted by Crippen LogP contribution is 2.45. The van der Waals surface area contributed by atoms with Crippen LogP contribution in [0.1, 0.15) is 57.4 Å². The van der Waals surface area contributed by atoms with E-state index in [9.17, 15) is 19.5 Å².